The van der Waals surface area contributed by atoms with E-state index in [0.717, 1.165) is 11.3 Å². The van der Waals surface area contributed by atoms with E-state index < -0.39 is 0 Å². The molecule has 2 heterocycles. The van der Waals surface area contributed by atoms with Crippen LogP contribution in [0.3, 0.4) is 0 Å². The van der Waals surface area contributed by atoms with E-state index >= 15 is 0 Å². The smallest absolute Gasteiger partial charge is 0.183 e. The number of Topliss-reactive ketones (excluding diaryl/α,β-unsaturated/α-hetero) is 1. The van der Waals surface area contributed by atoms with Gasteiger partial charge in [0, 0.05) is 24.5 Å². The highest BCUT2D eigenvalue weighted by molar-refractivity contribution is 5.95. The van der Waals surface area contributed by atoms with Crippen molar-refractivity contribution < 1.29 is 4.79 Å². The molecule has 0 bridgehead atoms. The first-order chi connectivity index (χ1) is 8.16. The van der Waals surface area contributed by atoms with Gasteiger partial charge in [-0.25, -0.2) is 0 Å². The molecule has 0 amide bonds. The Morgan fingerprint density at radius 1 is 1.35 bits per heavy atom. The third-order valence-electron chi connectivity index (χ3n) is 2.72. The Bertz CT molecular complexity index is 500. The fourth-order valence-corrected chi connectivity index (χ4v) is 1.69. The number of aromatic nitrogens is 2. The maximum absolute atomic E-state index is 12.0. The summed E-state index contributed by atoms with van der Waals surface area (Å²) in [6, 6.07) is 7.59. The van der Waals surface area contributed by atoms with Crippen LogP contribution in [0, 0.1) is 0 Å². The molecule has 3 nitrogen and oxygen atoms in total. The standard InChI is InChI=1S/C14H16N2O/c1-10(2)12-5-6-13(16-12)14(17)8-11-4-3-7-15-9-11/h3-7,9-10,16H,8H2,1-2H3. The third kappa shape index (κ3) is 2.81. The highest BCUT2D eigenvalue weighted by atomic mass is 16.1. The first-order valence-corrected chi connectivity index (χ1v) is 5.78. The van der Waals surface area contributed by atoms with Crippen LogP contribution in [0.2, 0.25) is 0 Å². The van der Waals surface area contributed by atoms with E-state index in [1.165, 1.54) is 0 Å². The Labute approximate surface area is 101 Å². The summed E-state index contributed by atoms with van der Waals surface area (Å²) in [6.07, 6.45) is 3.83. The van der Waals surface area contributed by atoms with Gasteiger partial charge in [-0.1, -0.05) is 19.9 Å². The van der Waals surface area contributed by atoms with Crippen LogP contribution in [0.1, 0.15) is 41.5 Å². The zero-order valence-corrected chi connectivity index (χ0v) is 10.1. The summed E-state index contributed by atoms with van der Waals surface area (Å²) in [7, 11) is 0. The number of H-pyrrole nitrogens is 1. The number of hydrogen-bond acceptors (Lipinski definition) is 2. The molecule has 2 aromatic heterocycles. The van der Waals surface area contributed by atoms with Gasteiger partial charge in [0.05, 0.1) is 5.69 Å². The lowest BCUT2D eigenvalue weighted by molar-refractivity contribution is 0.0988. The normalized spacial score (nSPS) is 10.8. The minimum atomic E-state index is 0.102. The second-order valence-electron chi connectivity index (χ2n) is 4.44. The summed E-state index contributed by atoms with van der Waals surface area (Å²) in [4.78, 5) is 19.2. The maximum Gasteiger partial charge on any atom is 0.183 e. The number of aromatic amines is 1. The minimum Gasteiger partial charge on any atom is -0.356 e. The summed E-state index contributed by atoms with van der Waals surface area (Å²) in [5.41, 5.74) is 2.72. The average molecular weight is 228 g/mol. The molecule has 0 saturated heterocycles. The van der Waals surface area contributed by atoms with E-state index in [0.29, 0.717) is 18.0 Å². The zero-order valence-electron chi connectivity index (χ0n) is 10.1. The van der Waals surface area contributed by atoms with Crippen molar-refractivity contribution in [2.45, 2.75) is 26.2 Å². The lowest BCUT2D eigenvalue weighted by Gasteiger charge is -2.01. The number of hydrogen-bond donors (Lipinski definition) is 1. The van der Waals surface area contributed by atoms with Gasteiger partial charge in [-0.3, -0.25) is 9.78 Å². The lowest BCUT2D eigenvalue weighted by atomic mass is 10.1. The molecule has 0 spiro atoms. The molecule has 0 aliphatic heterocycles. The number of carbonyl (C=O) groups excluding carboxylic acids is 1. The van der Waals surface area contributed by atoms with Crippen molar-refractivity contribution in [2.75, 3.05) is 0 Å². The van der Waals surface area contributed by atoms with Crippen molar-refractivity contribution in [3.63, 3.8) is 0 Å². The summed E-state index contributed by atoms with van der Waals surface area (Å²) >= 11 is 0. The predicted octanol–water partition coefficient (Wildman–Crippen LogP) is 2.96. The van der Waals surface area contributed by atoms with Gasteiger partial charge in [0.1, 0.15) is 0 Å². The van der Waals surface area contributed by atoms with Gasteiger partial charge in [0.25, 0.3) is 0 Å². The summed E-state index contributed by atoms with van der Waals surface area (Å²) in [5, 5.41) is 0. The molecule has 3 heteroatoms. The van der Waals surface area contributed by atoms with Crippen LogP contribution in [-0.2, 0) is 6.42 Å². The van der Waals surface area contributed by atoms with Gasteiger partial charge >= 0.3 is 0 Å². The van der Waals surface area contributed by atoms with Crippen molar-refractivity contribution >= 4 is 5.78 Å². The largest absolute Gasteiger partial charge is 0.356 e. The number of ketones is 1. The van der Waals surface area contributed by atoms with E-state index in [1.54, 1.807) is 12.4 Å². The molecule has 0 fully saturated rings. The quantitative estimate of drug-likeness (QED) is 0.818. The van der Waals surface area contributed by atoms with Gasteiger partial charge in [0.2, 0.25) is 0 Å². The van der Waals surface area contributed by atoms with Crippen molar-refractivity contribution in [1.29, 1.82) is 0 Å². The molecule has 2 aromatic rings. The van der Waals surface area contributed by atoms with Crippen molar-refractivity contribution in [3.8, 4) is 0 Å². The molecule has 88 valence electrons. The molecule has 0 aliphatic rings. The maximum atomic E-state index is 12.0. The van der Waals surface area contributed by atoms with E-state index in [2.05, 4.69) is 23.8 Å². The van der Waals surface area contributed by atoms with E-state index in [1.807, 2.05) is 24.3 Å². The van der Waals surface area contributed by atoms with E-state index in [9.17, 15) is 4.79 Å². The van der Waals surface area contributed by atoms with Crippen LogP contribution in [0.15, 0.2) is 36.7 Å². The number of carbonyl (C=O) groups is 1. The highest BCUT2D eigenvalue weighted by Crippen LogP contribution is 2.14. The predicted molar refractivity (Wildman–Crippen MR) is 67.2 cm³/mol. The van der Waals surface area contributed by atoms with Crippen LogP contribution in [0.25, 0.3) is 0 Å². The highest BCUT2D eigenvalue weighted by Gasteiger charge is 2.10. The van der Waals surface area contributed by atoms with Crippen LogP contribution in [-0.4, -0.2) is 15.8 Å². The molecular weight excluding hydrogens is 212 g/mol. The van der Waals surface area contributed by atoms with Crippen molar-refractivity contribution in [3.05, 3.63) is 53.6 Å². The van der Waals surface area contributed by atoms with Gasteiger partial charge < -0.3 is 4.98 Å². The molecule has 0 radical (unpaired) electrons. The molecule has 0 aliphatic carbocycles. The Kier molecular flexibility index (Phi) is 3.38. The van der Waals surface area contributed by atoms with Crippen LogP contribution in [0.5, 0.6) is 0 Å². The summed E-state index contributed by atoms with van der Waals surface area (Å²) in [5.74, 6) is 0.514. The molecule has 17 heavy (non-hydrogen) atoms. The second kappa shape index (κ2) is 4.95. The Balaban J connectivity index is 2.10. The van der Waals surface area contributed by atoms with E-state index in [-0.39, 0.29) is 5.78 Å². The van der Waals surface area contributed by atoms with Crippen molar-refractivity contribution in [2.24, 2.45) is 0 Å². The Morgan fingerprint density at radius 2 is 2.18 bits per heavy atom. The molecule has 0 saturated carbocycles. The number of rotatable bonds is 4. The fourth-order valence-electron chi connectivity index (χ4n) is 1.69. The number of nitrogens with one attached hydrogen (secondary N) is 1. The molecule has 0 aromatic carbocycles. The monoisotopic (exact) mass is 228 g/mol. The topological polar surface area (TPSA) is 45.8 Å². The Hall–Kier alpha value is -1.90. The fraction of sp³-hybridized carbons (Fsp3) is 0.286. The minimum absolute atomic E-state index is 0.102. The van der Waals surface area contributed by atoms with Crippen LogP contribution >= 0.6 is 0 Å². The first kappa shape index (κ1) is 11.6. The molecule has 0 unspecified atom stereocenters. The first-order valence-electron chi connectivity index (χ1n) is 5.78. The van der Waals surface area contributed by atoms with Gasteiger partial charge in [-0.05, 0) is 29.7 Å². The Morgan fingerprint density at radius 3 is 2.76 bits per heavy atom. The molecular formula is C14H16N2O. The third-order valence-corrected chi connectivity index (χ3v) is 2.72. The van der Waals surface area contributed by atoms with Crippen molar-refractivity contribution in [1.82, 2.24) is 9.97 Å². The molecule has 2 rings (SSSR count). The number of pyridine rings is 1. The average Bonchev–Trinajstić information content (AvgIpc) is 2.79. The van der Waals surface area contributed by atoms with E-state index in [4.69, 9.17) is 0 Å². The summed E-state index contributed by atoms with van der Waals surface area (Å²) in [6.45, 7) is 4.20. The van der Waals surface area contributed by atoms with Crippen LogP contribution < -0.4 is 0 Å². The molecule has 0 atom stereocenters. The summed E-state index contributed by atoms with van der Waals surface area (Å²) < 4.78 is 0. The van der Waals surface area contributed by atoms with Gasteiger partial charge in [-0.2, -0.15) is 0 Å². The SMILES string of the molecule is CC(C)c1ccc(C(=O)Cc2cccnc2)[nH]1. The van der Waals surface area contributed by atoms with Gasteiger partial charge in [-0.15, -0.1) is 0 Å². The van der Waals surface area contributed by atoms with Crippen LogP contribution in [0.4, 0.5) is 0 Å². The zero-order chi connectivity index (χ0) is 12.3. The number of nitrogens with zero attached hydrogens (tertiary/aromatic N) is 1. The second-order valence-corrected chi connectivity index (χ2v) is 4.44. The lowest BCUT2D eigenvalue weighted by Crippen LogP contribution is -2.04. The van der Waals surface area contributed by atoms with Gasteiger partial charge in [0.15, 0.2) is 5.78 Å². The molecule has 1 N–H and O–H groups in total.